The van der Waals surface area contributed by atoms with Crippen molar-refractivity contribution in [1.29, 1.82) is 0 Å². The molecule has 0 aromatic heterocycles. The molecule has 2 rings (SSSR count). The standard InChI is InChI=1S/C16H23N3O4S.ClH/c1-12-11-19(9-8-18-12)16(20)7-5-13-4-6-14(23-3)15(10-13)24(21,22)17-2;/h4-7,10,12,17-18H,8-9,11H2,1-3H3;1H/b7-5+;. The van der Waals surface area contributed by atoms with Gasteiger partial charge in [0.05, 0.1) is 7.11 Å². The first-order valence-electron chi connectivity index (χ1n) is 7.69. The van der Waals surface area contributed by atoms with Crippen LogP contribution < -0.4 is 14.8 Å². The molecule has 0 saturated carbocycles. The van der Waals surface area contributed by atoms with E-state index in [1.165, 1.54) is 26.3 Å². The third-order valence-electron chi connectivity index (χ3n) is 3.84. The van der Waals surface area contributed by atoms with Crippen molar-refractivity contribution >= 4 is 34.4 Å². The smallest absolute Gasteiger partial charge is 0.246 e. The van der Waals surface area contributed by atoms with Gasteiger partial charge in [-0.2, -0.15) is 0 Å². The van der Waals surface area contributed by atoms with Gasteiger partial charge in [0, 0.05) is 31.8 Å². The van der Waals surface area contributed by atoms with Crippen LogP contribution in [0.3, 0.4) is 0 Å². The number of halogens is 1. The number of carbonyl (C=O) groups is 1. The van der Waals surface area contributed by atoms with Crippen LogP contribution in [-0.4, -0.2) is 59.1 Å². The monoisotopic (exact) mass is 389 g/mol. The number of amides is 1. The van der Waals surface area contributed by atoms with Gasteiger partial charge in [0.2, 0.25) is 15.9 Å². The highest BCUT2D eigenvalue weighted by atomic mass is 35.5. The van der Waals surface area contributed by atoms with E-state index in [-0.39, 0.29) is 35.0 Å². The summed E-state index contributed by atoms with van der Waals surface area (Å²) in [6.07, 6.45) is 3.08. The number of rotatable bonds is 5. The van der Waals surface area contributed by atoms with Crippen molar-refractivity contribution in [3.05, 3.63) is 29.8 Å². The number of hydrogen-bond acceptors (Lipinski definition) is 5. The highest BCUT2D eigenvalue weighted by molar-refractivity contribution is 7.89. The number of piperazine rings is 1. The van der Waals surface area contributed by atoms with E-state index in [1.54, 1.807) is 23.1 Å². The van der Waals surface area contributed by atoms with Crippen molar-refractivity contribution in [3.63, 3.8) is 0 Å². The second-order valence-corrected chi connectivity index (χ2v) is 7.45. The van der Waals surface area contributed by atoms with E-state index in [9.17, 15) is 13.2 Å². The van der Waals surface area contributed by atoms with Gasteiger partial charge in [0.15, 0.2) is 0 Å². The molecule has 25 heavy (non-hydrogen) atoms. The molecule has 7 nitrogen and oxygen atoms in total. The molecular formula is C16H24ClN3O4S. The maximum atomic E-state index is 12.2. The van der Waals surface area contributed by atoms with Gasteiger partial charge < -0.3 is 15.0 Å². The number of methoxy groups -OCH3 is 1. The molecule has 2 N–H and O–H groups in total. The van der Waals surface area contributed by atoms with E-state index in [2.05, 4.69) is 10.0 Å². The molecule has 1 aromatic rings. The normalized spacial score (nSPS) is 18.0. The Morgan fingerprint density at radius 3 is 2.76 bits per heavy atom. The number of nitrogens with one attached hydrogen (secondary N) is 2. The minimum absolute atomic E-state index is 0. The van der Waals surface area contributed by atoms with Gasteiger partial charge in [-0.1, -0.05) is 6.07 Å². The molecule has 1 atom stereocenters. The Bertz CT molecular complexity index is 737. The summed E-state index contributed by atoms with van der Waals surface area (Å²) in [7, 11) is -0.891. The first kappa shape index (κ1) is 21.4. The third-order valence-corrected chi connectivity index (χ3v) is 5.28. The Morgan fingerprint density at radius 2 is 2.16 bits per heavy atom. The number of ether oxygens (including phenoxy) is 1. The van der Waals surface area contributed by atoms with Gasteiger partial charge in [0.25, 0.3) is 0 Å². The molecule has 1 fully saturated rings. The minimum Gasteiger partial charge on any atom is -0.495 e. The lowest BCUT2D eigenvalue weighted by molar-refractivity contribution is -0.127. The highest BCUT2D eigenvalue weighted by Gasteiger charge is 2.19. The van der Waals surface area contributed by atoms with Gasteiger partial charge in [-0.25, -0.2) is 13.1 Å². The Kier molecular flexibility index (Phi) is 7.88. The van der Waals surface area contributed by atoms with Crippen LogP contribution in [0.1, 0.15) is 12.5 Å². The summed E-state index contributed by atoms with van der Waals surface area (Å²) in [5.41, 5.74) is 0.612. The van der Waals surface area contributed by atoms with E-state index in [4.69, 9.17) is 4.74 Å². The van der Waals surface area contributed by atoms with E-state index >= 15 is 0 Å². The van der Waals surface area contributed by atoms with Gasteiger partial charge in [-0.05, 0) is 37.7 Å². The average Bonchev–Trinajstić information content (AvgIpc) is 2.59. The molecule has 9 heteroatoms. The third kappa shape index (κ3) is 5.43. The highest BCUT2D eigenvalue weighted by Crippen LogP contribution is 2.25. The van der Waals surface area contributed by atoms with Gasteiger partial charge in [-0.3, -0.25) is 4.79 Å². The van der Waals surface area contributed by atoms with Crippen LogP contribution in [0.2, 0.25) is 0 Å². The predicted octanol–water partition coefficient (Wildman–Crippen LogP) is 0.859. The quantitative estimate of drug-likeness (QED) is 0.729. The van der Waals surface area contributed by atoms with Crippen LogP contribution in [0.25, 0.3) is 6.08 Å². The number of hydrogen-bond donors (Lipinski definition) is 2. The van der Waals surface area contributed by atoms with Crippen LogP contribution in [0.5, 0.6) is 5.75 Å². The van der Waals surface area contributed by atoms with Crippen LogP contribution in [0.4, 0.5) is 0 Å². The molecule has 1 aliphatic rings. The average molecular weight is 390 g/mol. The van der Waals surface area contributed by atoms with Crippen molar-refractivity contribution in [2.24, 2.45) is 0 Å². The molecule has 1 amide bonds. The zero-order valence-electron chi connectivity index (χ0n) is 14.5. The topological polar surface area (TPSA) is 87.7 Å². The second-order valence-electron chi connectivity index (χ2n) is 5.59. The molecule has 1 unspecified atom stereocenters. The van der Waals surface area contributed by atoms with E-state index in [1.807, 2.05) is 6.92 Å². The summed E-state index contributed by atoms with van der Waals surface area (Å²) in [4.78, 5) is 14.0. The van der Waals surface area contributed by atoms with Gasteiger partial charge in [-0.15, -0.1) is 12.4 Å². The van der Waals surface area contributed by atoms with E-state index in [0.29, 0.717) is 18.7 Å². The molecule has 0 spiro atoms. The molecule has 140 valence electrons. The van der Waals surface area contributed by atoms with Crippen LogP contribution in [0.15, 0.2) is 29.2 Å². The molecule has 0 aliphatic carbocycles. The Morgan fingerprint density at radius 1 is 1.44 bits per heavy atom. The molecule has 0 radical (unpaired) electrons. The molecule has 1 heterocycles. The van der Waals surface area contributed by atoms with Crippen LogP contribution in [0, 0.1) is 0 Å². The fourth-order valence-electron chi connectivity index (χ4n) is 2.52. The van der Waals surface area contributed by atoms with E-state index in [0.717, 1.165) is 6.54 Å². The Labute approximate surface area is 154 Å². The van der Waals surface area contributed by atoms with Crippen molar-refractivity contribution in [1.82, 2.24) is 14.9 Å². The summed E-state index contributed by atoms with van der Waals surface area (Å²) >= 11 is 0. The fraction of sp³-hybridized carbons (Fsp3) is 0.438. The van der Waals surface area contributed by atoms with Crippen LogP contribution in [-0.2, 0) is 14.8 Å². The zero-order valence-corrected chi connectivity index (χ0v) is 16.1. The summed E-state index contributed by atoms with van der Waals surface area (Å²) in [6, 6.07) is 5.03. The number of carbonyl (C=O) groups excluding carboxylic acids is 1. The lowest BCUT2D eigenvalue weighted by Gasteiger charge is -2.31. The first-order chi connectivity index (χ1) is 11.4. The van der Waals surface area contributed by atoms with E-state index < -0.39 is 10.0 Å². The summed E-state index contributed by atoms with van der Waals surface area (Å²) in [5.74, 6) is 0.168. The maximum Gasteiger partial charge on any atom is 0.246 e. The lowest BCUT2D eigenvalue weighted by atomic mass is 10.2. The lowest BCUT2D eigenvalue weighted by Crippen LogP contribution is -2.50. The molecular weight excluding hydrogens is 366 g/mol. The predicted molar refractivity (Wildman–Crippen MR) is 99.6 cm³/mol. The Hall–Kier alpha value is -1.61. The van der Waals surface area contributed by atoms with Gasteiger partial charge in [0.1, 0.15) is 10.6 Å². The maximum absolute atomic E-state index is 12.2. The number of benzene rings is 1. The Balaban J connectivity index is 0.00000312. The summed E-state index contributed by atoms with van der Waals surface area (Å²) in [6.45, 7) is 4.12. The SMILES string of the molecule is CNS(=O)(=O)c1cc(/C=C/C(=O)N2CCNC(C)C2)ccc1OC.Cl. The summed E-state index contributed by atoms with van der Waals surface area (Å²) < 4.78 is 31.5. The number of sulfonamides is 1. The number of nitrogens with zero attached hydrogens (tertiary/aromatic N) is 1. The molecule has 0 bridgehead atoms. The first-order valence-corrected chi connectivity index (χ1v) is 9.17. The largest absolute Gasteiger partial charge is 0.495 e. The van der Waals surface area contributed by atoms with Crippen LogP contribution >= 0.6 is 12.4 Å². The van der Waals surface area contributed by atoms with Gasteiger partial charge >= 0.3 is 0 Å². The van der Waals surface area contributed by atoms with Crippen molar-refractivity contribution in [2.45, 2.75) is 17.9 Å². The molecule has 1 aromatic carbocycles. The molecule has 1 saturated heterocycles. The second kappa shape index (κ2) is 9.19. The summed E-state index contributed by atoms with van der Waals surface area (Å²) in [5, 5.41) is 3.28. The zero-order chi connectivity index (χ0) is 17.7. The van der Waals surface area contributed by atoms with Crippen molar-refractivity contribution < 1.29 is 17.9 Å². The van der Waals surface area contributed by atoms with Crippen molar-refractivity contribution in [3.8, 4) is 5.75 Å². The van der Waals surface area contributed by atoms with Crippen molar-refractivity contribution in [2.75, 3.05) is 33.8 Å². The molecule has 1 aliphatic heterocycles. The minimum atomic E-state index is -3.64. The fourth-order valence-corrected chi connectivity index (χ4v) is 3.45.